The first kappa shape index (κ1) is 31.5. The zero-order chi connectivity index (χ0) is 31.5. The third-order valence-corrected chi connectivity index (χ3v) is 5.98. The van der Waals surface area contributed by atoms with Crippen LogP contribution in [0.5, 0.6) is 5.75 Å². The standard InChI is InChI=1S/C34H34N4O6/c1-34(2,3)44-33(41)37-29-21-31(43-18-17-42-4)26(14-13-24-9-6-5-7-10-24)20-28(29)36-32(40)22-30(39)25-11-8-12-27(19-25)38-16-15-35-23-38/h5-12,15-16,19-21,23H,17-18,22H2,1-4H3,(H,36,40)(H,37,41). The molecule has 4 aromatic rings. The van der Waals surface area contributed by atoms with Crippen LogP contribution < -0.4 is 15.4 Å². The van der Waals surface area contributed by atoms with E-state index in [4.69, 9.17) is 14.2 Å². The quantitative estimate of drug-likeness (QED) is 0.102. The summed E-state index contributed by atoms with van der Waals surface area (Å²) in [6.07, 6.45) is 3.85. The lowest BCUT2D eigenvalue weighted by molar-refractivity contribution is -0.115. The summed E-state index contributed by atoms with van der Waals surface area (Å²) < 4.78 is 18.2. The van der Waals surface area contributed by atoms with Gasteiger partial charge >= 0.3 is 6.09 Å². The number of imidazole rings is 1. The molecule has 3 aromatic carbocycles. The number of methoxy groups -OCH3 is 1. The Morgan fingerprint density at radius 3 is 2.39 bits per heavy atom. The SMILES string of the molecule is COCCOc1cc(NC(=O)OC(C)(C)C)c(NC(=O)CC(=O)c2cccc(-n3ccnc3)c2)cc1C#Cc1ccccc1. The Morgan fingerprint density at radius 1 is 0.909 bits per heavy atom. The zero-order valence-electron chi connectivity index (χ0n) is 25.0. The predicted molar refractivity (Wildman–Crippen MR) is 167 cm³/mol. The molecule has 4 rings (SSSR count). The van der Waals surface area contributed by atoms with Crippen LogP contribution in [-0.4, -0.2) is 53.3 Å². The molecule has 0 atom stereocenters. The highest BCUT2D eigenvalue weighted by Gasteiger charge is 2.21. The highest BCUT2D eigenvalue weighted by atomic mass is 16.6. The molecule has 44 heavy (non-hydrogen) atoms. The van der Waals surface area contributed by atoms with Gasteiger partial charge in [0, 0.05) is 42.4 Å². The monoisotopic (exact) mass is 594 g/mol. The lowest BCUT2D eigenvalue weighted by atomic mass is 10.1. The number of anilines is 2. The number of hydrogen-bond donors (Lipinski definition) is 2. The summed E-state index contributed by atoms with van der Waals surface area (Å²) in [6, 6.07) is 19.4. The number of rotatable bonds is 10. The summed E-state index contributed by atoms with van der Waals surface area (Å²) in [5.41, 5.74) is 2.01. The molecule has 1 heterocycles. The molecule has 0 aliphatic rings. The lowest BCUT2D eigenvalue weighted by Gasteiger charge is -2.21. The van der Waals surface area contributed by atoms with Crippen LogP contribution in [0, 0.1) is 11.8 Å². The number of carbonyl (C=O) groups excluding carboxylic acids is 3. The van der Waals surface area contributed by atoms with Crippen molar-refractivity contribution >= 4 is 29.2 Å². The number of nitrogens with one attached hydrogen (secondary N) is 2. The average Bonchev–Trinajstić information content (AvgIpc) is 3.53. The average molecular weight is 595 g/mol. The van der Waals surface area contributed by atoms with Gasteiger partial charge in [-0.2, -0.15) is 0 Å². The molecule has 0 aliphatic heterocycles. The number of hydrogen-bond acceptors (Lipinski definition) is 7. The molecular formula is C34H34N4O6. The van der Waals surface area contributed by atoms with Gasteiger partial charge in [-0.3, -0.25) is 14.9 Å². The van der Waals surface area contributed by atoms with Gasteiger partial charge in [-0.05, 0) is 51.1 Å². The first-order chi connectivity index (χ1) is 21.1. The second kappa shape index (κ2) is 14.7. The van der Waals surface area contributed by atoms with Crippen molar-refractivity contribution in [1.82, 2.24) is 9.55 Å². The fourth-order valence-electron chi connectivity index (χ4n) is 4.01. The largest absolute Gasteiger partial charge is 0.490 e. The highest BCUT2D eigenvalue weighted by Crippen LogP contribution is 2.32. The number of Topliss-reactive ketones (excluding diaryl/α,β-unsaturated/α-hetero) is 1. The van der Waals surface area contributed by atoms with Gasteiger partial charge in [-0.15, -0.1) is 0 Å². The topological polar surface area (TPSA) is 121 Å². The van der Waals surface area contributed by atoms with Crippen molar-refractivity contribution in [1.29, 1.82) is 0 Å². The Morgan fingerprint density at radius 2 is 1.68 bits per heavy atom. The normalized spacial score (nSPS) is 10.7. The zero-order valence-corrected chi connectivity index (χ0v) is 25.0. The lowest BCUT2D eigenvalue weighted by Crippen LogP contribution is -2.28. The maximum Gasteiger partial charge on any atom is 0.412 e. The highest BCUT2D eigenvalue weighted by molar-refractivity contribution is 6.12. The van der Waals surface area contributed by atoms with E-state index in [-0.39, 0.29) is 23.8 Å². The number of carbonyl (C=O) groups is 3. The van der Waals surface area contributed by atoms with Crippen LogP contribution >= 0.6 is 0 Å². The maximum absolute atomic E-state index is 13.2. The van der Waals surface area contributed by atoms with E-state index in [1.807, 2.05) is 36.4 Å². The van der Waals surface area contributed by atoms with E-state index >= 15 is 0 Å². The number of nitrogens with zero attached hydrogens (tertiary/aromatic N) is 2. The van der Waals surface area contributed by atoms with Gasteiger partial charge in [0.2, 0.25) is 5.91 Å². The van der Waals surface area contributed by atoms with Gasteiger partial charge in [0.1, 0.15) is 18.0 Å². The van der Waals surface area contributed by atoms with Crippen molar-refractivity contribution in [3.05, 3.63) is 102 Å². The fraction of sp³-hybridized carbons (Fsp3) is 0.235. The Hall–Kier alpha value is -5.40. The maximum atomic E-state index is 13.2. The summed E-state index contributed by atoms with van der Waals surface area (Å²) >= 11 is 0. The second-order valence-corrected chi connectivity index (χ2v) is 10.6. The van der Waals surface area contributed by atoms with Gasteiger partial charge in [-0.25, -0.2) is 9.78 Å². The fourth-order valence-corrected chi connectivity index (χ4v) is 4.01. The van der Waals surface area contributed by atoms with Gasteiger partial charge < -0.3 is 24.1 Å². The second-order valence-electron chi connectivity index (χ2n) is 10.6. The summed E-state index contributed by atoms with van der Waals surface area (Å²) in [4.78, 5) is 43.0. The van der Waals surface area contributed by atoms with Crippen LogP contribution in [0.25, 0.3) is 5.69 Å². The molecule has 0 unspecified atom stereocenters. The minimum absolute atomic E-state index is 0.208. The summed E-state index contributed by atoms with van der Waals surface area (Å²) in [5, 5.41) is 5.44. The van der Waals surface area contributed by atoms with E-state index in [9.17, 15) is 14.4 Å². The number of ether oxygens (including phenoxy) is 3. The molecule has 0 fully saturated rings. The molecule has 1 aromatic heterocycles. The number of benzene rings is 3. The van der Waals surface area contributed by atoms with Gasteiger partial charge in [0.15, 0.2) is 5.78 Å². The van der Waals surface area contributed by atoms with Crippen molar-refractivity contribution < 1.29 is 28.6 Å². The Bertz CT molecular complexity index is 1670. The van der Waals surface area contributed by atoms with Crippen LogP contribution in [-0.2, 0) is 14.3 Å². The Kier molecular flexibility index (Phi) is 10.5. The minimum Gasteiger partial charge on any atom is -0.490 e. The number of amides is 2. The summed E-state index contributed by atoms with van der Waals surface area (Å²) in [6.45, 7) is 5.77. The molecule has 10 heteroatoms. The molecule has 2 amide bonds. The van der Waals surface area contributed by atoms with Crippen molar-refractivity contribution in [3.63, 3.8) is 0 Å². The van der Waals surface area contributed by atoms with Gasteiger partial charge in [0.25, 0.3) is 0 Å². The molecule has 0 bridgehead atoms. The van der Waals surface area contributed by atoms with Crippen LogP contribution in [0.4, 0.5) is 16.2 Å². The number of aromatic nitrogens is 2. The third kappa shape index (κ3) is 9.31. The summed E-state index contributed by atoms with van der Waals surface area (Å²) in [5.74, 6) is 5.58. The Balaban J connectivity index is 1.64. The van der Waals surface area contributed by atoms with Crippen LogP contribution in [0.2, 0.25) is 0 Å². The van der Waals surface area contributed by atoms with E-state index in [1.165, 1.54) is 0 Å². The molecule has 10 nitrogen and oxygen atoms in total. The van der Waals surface area contributed by atoms with E-state index in [2.05, 4.69) is 27.5 Å². The molecule has 0 spiro atoms. The van der Waals surface area contributed by atoms with Crippen molar-refractivity contribution in [3.8, 4) is 23.3 Å². The summed E-state index contributed by atoms with van der Waals surface area (Å²) in [7, 11) is 1.56. The van der Waals surface area contributed by atoms with Crippen molar-refractivity contribution in [2.24, 2.45) is 0 Å². The van der Waals surface area contributed by atoms with Crippen molar-refractivity contribution in [2.75, 3.05) is 31.0 Å². The Labute approximate surface area is 256 Å². The molecule has 0 saturated carbocycles. The first-order valence-corrected chi connectivity index (χ1v) is 13.9. The first-order valence-electron chi connectivity index (χ1n) is 13.9. The third-order valence-electron chi connectivity index (χ3n) is 5.98. The minimum atomic E-state index is -0.760. The van der Waals surface area contributed by atoms with Crippen molar-refractivity contribution in [2.45, 2.75) is 32.8 Å². The van der Waals surface area contributed by atoms with E-state index in [1.54, 1.807) is 81.5 Å². The molecule has 0 aliphatic carbocycles. The van der Waals surface area contributed by atoms with E-state index in [0.717, 1.165) is 11.3 Å². The van der Waals surface area contributed by atoms with Crippen LogP contribution in [0.3, 0.4) is 0 Å². The van der Waals surface area contributed by atoms with Crippen LogP contribution in [0.1, 0.15) is 48.7 Å². The van der Waals surface area contributed by atoms with Gasteiger partial charge in [-0.1, -0.05) is 42.2 Å². The predicted octanol–water partition coefficient (Wildman–Crippen LogP) is 5.86. The van der Waals surface area contributed by atoms with Crippen LogP contribution in [0.15, 0.2) is 85.5 Å². The van der Waals surface area contributed by atoms with Gasteiger partial charge in [0.05, 0.1) is 36.3 Å². The van der Waals surface area contributed by atoms with E-state index < -0.39 is 24.0 Å². The molecular weight excluding hydrogens is 560 g/mol. The molecule has 0 saturated heterocycles. The molecule has 2 N–H and O–H groups in total. The smallest absolute Gasteiger partial charge is 0.412 e. The molecule has 0 radical (unpaired) electrons. The number of ketones is 1. The molecule has 226 valence electrons. The van der Waals surface area contributed by atoms with E-state index in [0.29, 0.717) is 23.5 Å².